The van der Waals surface area contributed by atoms with Gasteiger partial charge in [-0.15, -0.1) is 0 Å². The highest BCUT2D eigenvalue weighted by molar-refractivity contribution is 5.84. The zero-order chi connectivity index (χ0) is 15.0. The molecule has 1 aromatic carbocycles. The van der Waals surface area contributed by atoms with Gasteiger partial charge in [0, 0.05) is 5.39 Å². The lowest BCUT2D eigenvalue weighted by Gasteiger charge is -2.03. The standard InChI is InChI=1S/C16H15N3O2/c1-9-8-14(17-13-7-5-4-6-12(9)13)15-18-16(21-19-15)10(2)11(3)20/h4-8,10H,1-3H3. The van der Waals surface area contributed by atoms with Gasteiger partial charge in [-0.05, 0) is 38.5 Å². The Hall–Kier alpha value is -2.56. The van der Waals surface area contributed by atoms with Crippen molar-refractivity contribution < 1.29 is 9.32 Å². The molecule has 0 amide bonds. The van der Waals surface area contributed by atoms with Gasteiger partial charge in [0.1, 0.15) is 11.5 Å². The summed E-state index contributed by atoms with van der Waals surface area (Å²) < 4.78 is 5.17. The third-order valence-electron chi connectivity index (χ3n) is 3.57. The van der Waals surface area contributed by atoms with E-state index in [2.05, 4.69) is 15.1 Å². The first-order valence-electron chi connectivity index (χ1n) is 6.77. The van der Waals surface area contributed by atoms with Gasteiger partial charge in [0.25, 0.3) is 0 Å². The highest BCUT2D eigenvalue weighted by atomic mass is 16.5. The molecule has 0 aliphatic heterocycles. The van der Waals surface area contributed by atoms with Gasteiger partial charge in [-0.25, -0.2) is 4.98 Å². The summed E-state index contributed by atoms with van der Waals surface area (Å²) in [7, 11) is 0. The number of ketones is 1. The smallest absolute Gasteiger partial charge is 0.237 e. The van der Waals surface area contributed by atoms with Gasteiger partial charge >= 0.3 is 0 Å². The summed E-state index contributed by atoms with van der Waals surface area (Å²) in [5.41, 5.74) is 2.64. The summed E-state index contributed by atoms with van der Waals surface area (Å²) in [5, 5.41) is 5.04. The van der Waals surface area contributed by atoms with Crippen molar-refractivity contribution in [3.8, 4) is 11.5 Å². The number of carbonyl (C=O) groups is 1. The summed E-state index contributed by atoms with van der Waals surface area (Å²) in [4.78, 5) is 20.2. The number of carbonyl (C=O) groups excluding carboxylic acids is 1. The van der Waals surface area contributed by atoms with Gasteiger partial charge in [0.2, 0.25) is 11.7 Å². The second-order valence-electron chi connectivity index (χ2n) is 5.13. The molecule has 0 aliphatic rings. The van der Waals surface area contributed by atoms with E-state index in [1.807, 2.05) is 37.3 Å². The van der Waals surface area contributed by atoms with Crippen LogP contribution in [0.25, 0.3) is 22.4 Å². The van der Waals surface area contributed by atoms with Gasteiger partial charge in [0.15, 0.2) is 0 Å². The molecule has 0 aliphatic carbocycles. The van der Waals surface area contributed by atoms with E-state index in [1.54, 1.807) is 6.92 Å². The fourth-order valence-corrected chi connectivity index (χ4v) is 2.15. The van der Waals surface area contributed by atoms with Crippen molar-refractivity contribution >= 4 is 16.7 Å². The number of pyridine rings is 1. The first kappa shape index (κ1) is 13.4. The average Bonchev–Trinajstić information content (AvgIpc) is 2.96. The van der Waals surface area contributed by atoms with E-state index in [-0.39, 0.29) is 5.78 Å². The number of para-hydroxylation sites is 1. The topological polar surface area (TPSA) is 68.9 Å². The minimum absolute atomic E-state index is 0.00662. The number of hydrogen-bond acceptors (Lipinski definition) is 5. The molecule has 0 spiro atoms. The van der Waals surface area contributed by atoms with Crippen molar-refractivity contribution in [1.82, 2.24) is 15.1 Å². The second-order valence-corrected chi connectivity index (χ2v) is 5.13. The monoisotopic (exact) mass is 281 g/mol. The number of Topliss-reactive ketones (excluding diaryl/α,β-unsaturated/α-hetero) is 1. The van der Waals surface area contributed by atoms with Gasteiger partial charge in [-0.2, -0.15) is 4.98 Å². The summed E-state index contributed by atoms with van der Waals surface area (Å²) in [6.07, 6.45) is 0. The summed E-state index contributed by atoms with van der Waals surface area (Å²) in [5.74, 6) is 0.331. The van der Waals surface area contributed by atoms with Gasteiger partial charge < -0.3 is 4.52 Å². The third-order valence-corrected chi connectivity index (χ3v) is 3.57. The Morgan fingerprint density at radius 1 is 1.24 bits per heavy atom. The lowest BCUT2D eigenvalue weighted by Crippen LogP contribution is -2.04. The Balaban J connectivity index is 2.07. The zero-order valence-corrected chi connectivity index (χ0v) is 12.1. The number of benzene rings is 1. The SMILES string of the molecule is CC(=O)C(C)c1nc(-c2cc(C)c3ccccc3n2)no1. The Labute approximate surface area is 122 Å². The fraction of sp³-hybridized carbons (Fsp3) is 0.250. The van der Waals surface area contributed by atoms with E-state index in [4.69, 9.17) is 4.52 Å². The van der Waals surface area contributed by atoms with Gasteiger partial charge in [-0.1, -0.05) is 23.4 Å². The number of aromatic nitrogens is 3. The highest BCUT2D eigenvalue weighted by Crippen LogP contribution is 2.24. The van der Waals surface area contributed by atoms with Crippen LogP contribution in [0, 0.1) is 6.92 Å². The molecule has 5 heteroatoms. The number of aryl methyl sites for hydroxylation is 1. The lowest BCUT2D eigenvalue weighted by atomic mass is 10.1. The molecule has 0 saturated carbocycles. The molecule has 0 saturated heterocycles. The molecule has 5 nitrogen and oxygen atoms in total. The van der Waals surface area contributed by atoms with Crippen molar-refractivity contribution in [2.45, 2.75) is 26.7 Å². The predicted octanol–water partition coefficient (Wildman–Crippen LogP) is 3.29. The minimum Gasteiger partial charge on any atom is -0.338 e. The van der Waals surface area contributed by atoms with Crippen LogP contribution in [-0.2, 0) is 4.79 Å². The maximum Gasteiger partial charge on any atom is 0.237 e. The molecule has 0 N–H and O–H groups in total. The Morgan fingerprint density at radius 2 is 2.00 bits per heavy atom. The summed E-state index contributed by atoms with van der Waals surface area (Å²) in [6.45, 7) is 5.28. The molecular formula is C16H15N3O2. The molecule has 2 aromatic heterocycles. The van der Waals surface area contributed by atoms with E-state index in [9.17, 15) is 4.79 Å². The number of nitrogens with zero attached hydrogens (tertiary/aromatic N) is 3. The predicted molar refractivity (Wildman–Crippen MR) is 78.9 cm³/mol. The second kappa shape index (κ2) is 5.09. The van der Waals surface area contributed by atoms with E-state index in [0.717, 1.165) is 16.5 Å². The van der Waals surface area contributed by atoms with Crippen LogP contribution in [0.4, 0.5) is 0 Å². The van der Waals surface area contributed by atoms with Crippen molar-refractivity contribution in [3.63, 3.8) is 0 Å². The first-order valence-corrected chi connectivity index (χ1v) is 6.77. The Kier molecular flexibility index (Phi) is 3.25. The first-order chi connectivity index (χ1) is 10.1. The molecule has 3 aromatic rings. The third kappa shape index (κ3) is 2.42. The van der Waals surface area contributed by atoms with Crippen LogP contribution < -0.4 is 0 Å². The number of rotatable bonds is 3. The zero-order valence-electron chi connectivity index (χ0n) is 12.1. The van der Waals surface area contributed by atoms with Crippen molar-refractivity contribution in [2.75, 3.05) is 0 Å². The van der Waals surface area contributed by atoms with Crippen LogP contribution >= 0.6 is 0 Å². The van der Waals surface area contributed by atoms with E-state index >= 15 is 0 Å². The maximum atomic E-state index is 11.4. The highest BCUT2D eigenvalue weighted by Gasteiger charge is 2.19. The molecule has 106 valence electrons. The van der Waals surface area contributed by atoms with Gasteiger partial charge in [-0.3, -0.25) is 4.79 Å². The van der Waals surface area contributed by atoms with Crippen LogP contribution in [-0.4, -0.2) is 20.9 Å². The minimum atomic E-state index is -0.396. The Morgan fingerprint density at radius 3 is 2.76 bits per heavy atom. The summed E-state index contributed by atoms with van der Waals surface area (Å²) in [6, 6.07) is 9.83. The van der Waals surface area contributed by atoms with Crippen molar-refractivity contribution in [3.05, 3.63) is 41.8 Å². The van der Waals surface area contributed by atoms with Crippen LogP contribution in [0.2, 0.25) is 0 Å². The van der Waals surface area contributed by atoms with Crippen LogP contribution in [0.5, 0.6) is 0 Å². The molecule has 1 atom stereocenters. The molecule has 1 unspecified atom stereocenters. The molecule has 0 bridgehead atoms. The molecular weight excluding hydrogens is 266 g/mol. The Bertz CT molecular complexity index is 823. The average molecular weight is 281 g/mol. The van der Waals surface area contributed by atoms with E-state index in [0.29, 0.717) is 17.4 Å². The normalized spacial score (nSPS) is 12.5. The van der Waals surface area contributed by atoms with Crippen molar-refractivity contribution in [1.29, 1.82) is 0 Å². The van der Waals surface area contributed by atoms with Crippen LogP contribution in [0.1, 0.15) is 31.2 Å². The maximum absolute atomic E-state index is 11.4. The molecule has 21 heavy (non-hydrogen) atoms. The lowest BCUT2D eigenvalue weighted by molar-refractivity contribution is -0.118. The molecule has 0 fully saturated rings. The van der Waals surface area contributed by atoms with Crippen LogP contribution in [0.3, 0.4) is 0 Å². The molecule has 2 heterocycles. The quantitative estimate of drug-likeness (QED) is 0.736. The van der Waals surface area contributed by atoms with E-state index < -0.39 is 5.92 Å². The summed E-state index contributed by atoms with van der Waals surface area (Å²) >= 11 is 0. The molecule has 3 rings (SSSR count). The number of fused-ring (bicyclic) bond motifs is 1. The molecule has 0 radical (unpaired) electrons. The number of hydrogen-bond donors (Lipinski definition) is 0. The van der Waals surface area contributed by atoms with Crippen LogP contribution in [0.15, 0.2) is 34.9 Å². The largest absolute Gasteiger partial charge is 0.338 e. The van der Waals surface area contributed by atoms with Crippen molar-refractivity contribution in [2.24, 2.45) is 0 Å². The van der Waals surface area contributed by atoms with Gasteiger partial charge in [0.05, 0.1) is 11.4 Å². The van der Waals surface area contributed by atoms with E-state index in [1.165, 1.54) is 6.92 Å². The fourth-order valence-electron chi connectivity index (χ4n) is 2.15.